The second-order valence-corrected chi connectivity index (χ2v) is 13.9. The van der Waals surface area contributed by atoms with Gasteiger partial charge >= 0.3 is 5.97 Å². The molecular formula is C34H61N11O11. The van der Waals surface area contributed by atoms with Gasteiger partial charge in [0.1, 0.15) is 36.3 Å². The molecule has 0 aromatic heterocycles. The highest BCUT2D eigenvalue weighted by Gasteiger charge is 2.29. The molecule has 22 heteroatoms. The van der Waals surface area contributed by atoms with E-state index in [2.05, 4.69) is 47.9 Å². The van der Waals surface area contributed by atoms with Crippen LogP contribution in [0, 0.1) is 11.8 Å². The van der Waals surface area contributed by atoms with Gasteiger partial charge in [-0.3, -0.25) is 43.2 Å². The number of nitrogens with one attached hydrogen (secondary N) is 9. The zero-order valence-electron chi connectivity index (χ0n) is 33.3. The third kappa shape index (κ3) is 19.8. The van der Waals surface area contributed by atoms with E-state index in [0.717, 1.165) is 0 Å². The second kappa shape index (κ2) is 25.7. The molecule has 7 atom stereocenters. The summed E-state index contributed by atoms with van der Waals surface area (Å²) in [6.07, 6.45) is 1.22. The number of amides is 9. The van der Waals surface area contributed by atoms with Crippen LogP contribution in [0.4, 0.5) is 0 Å². The van der Waals surface area contributed by atoms with Crippen LogP contribution in [-0.4, -0.2) is 133 Å². The van der Waals surface area contributed by atoms with Crippen LogP contribution in [0.2, 0.25) is 0 Å². The van der Waals surface area contributed by atoms with E-state index in [0.29, 0.717) is 19.4 Å². The highest BCUT2D eigenvalue weighted by atomic mass is 16.4. The Morgan fingerprint density at radius 2 is 0.875 bits per heavy atom. The monoisotopic (exact) mass is 799 g/mol. The molecule has 0 aliphatic carbocycles. The molecule has 0 radical (unpaired) electrons. The molecule has 0 rings (SSSR count). The van der Waals surface area contributed by atoms with E-state index < -0.39 is 127 Å². The van der Waals surface area contributed by atoms with Crippen LogP contribution in [0.5, 0.6) is 0 Å². The Kier molecular flexibility index (Phi) is 23.2. The first-order valence-corrected chi connectivity index (χ1v) is 18.3. The fourth-order valence-electron chi connectivity index (χ4n) is 4.53. The Morgan fingerprint density at radius 3 is 1.32 bits per heavy atom. The van der Waals surface area contributed by atoms with Gasteiger partial charge in [0, 0.05) is 0 Å². The van der Waals surface area contributed by atoms with Gasteiger partial charge in [0.2, 0.25) is 53.2 Å². The lowest BCUT2D eigenvalue weighted by Crippen LogP contribution is -2.57. The largest absolute Gasteiger partial charge is 0.480 e. The lowest BCUT2D eigenvalue weighted by Gasteiger charge is -2.25. The predicted molar refractivity (Wildman–Crippen MR) is 202 cm³/mol. The van der Waals surface area contributed by atoms with Gasteiger partial charge in [-0.15, -0.1) is 0 Å². The normalized spacial score (nSPS) is 14.6. The first-order chi connectivity index (χ1) is 26.0. The highest BCUT2D eigenvalue weighted by Crippen LogP contribution is 2.04. The van der Waals surface area contributed by atoms with Crippen molar-refractivity contribution < 1.29 is 53.1 Å². The smallest absolute Gasteiger partial charge is 0.326 e. The van der Waals surface area contributed by atoms with Gasteiger partial charge in [-0.25, -0.2) is 4.79 Å². The molecule has 9 amide bonds. The predicted octanol–water partition coefficient (Wildman–Crippen LogP) is -4.82. The number of hydrogen-bond donors (Lipinski definition) is 12. The topological polar surface area (TPSA) is 351 Å². The second-order valence-electron chi connectivity index (χ2n) is 13.9. The molecule has 14 N–H and O–H groups in total. The third-order valence-electron chi connectivity index (χ3n) is 8.16. The van der Waals surface area contributed by atoms with Crippen LogP contribution in [0.25, 0.3) is 0 Å². The van der Waals surface area contributed by atoms with E-state index >= 15 is 0 Å². The molecule has 22 nitrogen and oxygen atoms in total. The molecule has 0 heterocycles. The van der Waals surface area contributed by atoms with Gasteiger partial charge in [0.15, 0.2) is 0 Å². The minimum atomic E-state index is -1.23. The Labute approximate surface area is 326 Å². The number of unbranched alkanes of at least 4 members (excludes halogenated alkanes) is 1. The summed E-state index contributed by atoms with van der Waals surface area (Å²) >= 11 is 0. The summed E-state index contributed by atoms with van der Waals surface area (Å²) in [4.78, 5) is 123. The Hall–Kier alpha value is -5.38. The van der Waals surface area contributed by atoms with E-state index in [4.69, 9.17) is 11.5 Å². The van der Waals surface area contributed by atoms with Crippen LogP contribution in [-0.2, 0) is 47.9 Å². The zero-order valence-corrected chi connectivity index (χ0v) is 33.3. The van der Waals surface area contributed by atoms with Gasteiger partial charge in [-0.1, -0.05) is 27.7 Å². The number of nitrogens with two attached hydrogens (primary N) is 2. The minimum Gasteiger partial charge on any atom is -0.480 e. The summed E-state index contributed by atoms with van der Waals surface area (Å²) in [6.45, 7) is 10.9. The third-order valence-corrected chi connectivity index (χ3v) is 8.16. The molecule has 0 aromatic carbocycles. The molecule has 0 aliphatic heterocycles. The van der Waals surface area contributed by atoms with E-state index in [-0.39, 0.29) is 12.3 Å². The maximum Gasteiger partial charge on any atom is 0.326 e. The minimum absolute atomic E-state index is 0.161. The van der Waals surface area contributed by atoms with Gasteiger partial charge < -0.3 is 64.4 Å². The Balaban J connectivity index is 4.75. The summed E-state index contributed by atoms with van der Waals surface area (Å²) in [6, 6.07) is -7.50. The molecule has 0 fully saturated rings. The average Bonchev–Trinajstić information content (AvgIpc) is 3.12. The number of carbonyl (C=O) groups excluding carboxylic acids is 9. The first-order valence-electron chi connectivity index (χ1n) is 18.3. The number of carbonyl (C=O) groups is 10. The number of carboxylic acids is 1. The van der Waals surface area contributed by atoms with Crippen molar-refractivity contribution in [1.29, 1.82) is 0 Å². The number of carboxylic acid groups (broad SMARTS) is 1. The molecule has 0 saturated heterocycles. The first kappa shape index (κ1) is 50.6. The Bertz CT molecular complexity index is 1410. The van der Waals surface area contributed by atoms with Gasteiger partial charge in [0.25, 0.3) is 0 Å². The molecule has 0 aromatic rings. The molecule has 318 valence electrons. The van der Waals surface area contributed by atoms with Crippen LogP contribution in [0.15, 0.2) is 0 Å². The molecule has 0 unspecified atom stereocenters. The highest BCUT2D eigenvalue weighted by molar-refractivity contribution is 5.96. The summed E-state index contributed by atoms with van der Waals surface area (Å²) in [5.41, 5.74) is 11.2. The van der Waals surface area contributed by atoms with E-state index in [9.17, 15) is 53.1 Å². The van der Waals surface area contributed by atoms with Crippen molar-refractivity contribution >= 4 is 59.1 Å². The molecule has 0 bridgehead atoms. The van der Waals surface area contributed by atoms with Crippen LogP contribution in [0.3, 0.4) is 0 Å². The van der Waals surface area contributed by atoms with Crippen LogP contribution in [0.1, 0.15) is 74.7 Å². The van der Waals surface area contributed by atoms with Crippen molar-refractivity contribution in [3.8, 4) is 0 Å². The SMILES string of the molecule is CC(C)[C@H](N)C(=O)N[C@@H](C)C(=O)N[C@H](C(=O)NCC(=O)N[C@@H](C)C(=O)N[C@@H](C)C(=O)NCC(=O)N[C@@H](C)C(=O)NCC(=O)N[C@@H](CCCCN)C(=O)O)C(C)C. The van der Waals surface area contributed by atoms with Gasteiger partial charge in [-0.05, 0) is 65.3 Å². The van der Waals surface area contributed by atoms with E-state index in [1.165, 1.54) is 27.7 Å². The number of aliphatic carboxylic acids is 1. The summed E-state index contributed by atoms with van der Waals surface area (Å²) < 4.78 is 0. The fraction of sp³-hybridized carbons (Fsp3) is 0.706. The average molecular weight is 800 g/mol. The summed E-state index contributed by atoms with van der Waals surface area (Å²) in [5, 5.41) is 30.6. The molecule has 0 saturated carbocycles. The van der Waals surface area contributed by atoms with Crippen molar-refractivity contribution in [3.63, 3.8) is 0 Å². The summed E-state index contributed by atoms with van der Waals surface area (Å²) in [5.74, 6) is -8.23. The molecule has 0 aliphatic rings. The maximum absolute atomic E-state index is 12.8. The van der Waals surface area contributed by atoms with Crippen molar-refractivity contribution in [2.45, 2.75) is 117 Å². The maximum atomic E-state index is 12.8. The quantitative estimate of drug-likeness (QED) is 0.0386. The molecule has 0 spiro atoms. The van der Waals surface area contributed by atoms with Crippen molar-refractivity contribution in [1.82, 2.24) is 47.9 Å². The number of hydrogen-bond acceptors (Lipinski definition) is 12. The van der Waals surface area contributed by atoms with Crippen LogP contribution >= 0.6 is 0 Å². The van der Waals surface area contributed by atoms with Crippen molar-refractivity contribution in [2.75, 3.05) is 26.2 Å². The molecular weight excluding hydrogens is 738 g/mol. The van der Waals surface area contributed by atoms with Crippen molar-refractivity contribution in [2.24, 2.45) is 23.3 Å². The van der Waals surface area contributed by atoms with Crippen LogP contribution < -0.4 is 59.3 Å². The standard InChI is InChI=1S/C34H61N11O11/c1-16(2)26(36)32(53)43-21(8)31(52)45-27(17(3)4)33(54)39-14-24(47)41-20(7)30(51)42-19(6)29(50)37-13-23(46)40-18(5)28(49)38-15-25(48)44-22(34(55)56)11-9-10-12-35/h16-22,26-27H,9-15,35-36H2,1-8H3,(H,37,50)(H,38,49)(H,39,54)(H,40,46)(H,41,47)(H,42,51)(H,43,53)(H,44,48)(H,45,52)(H,55,56)/t18-,19-,20-,21-,22-,26-,27-/m0/s1. The van der Waals surface area contributed by atoms with E-state index in [1.54, 1.807) is 27.7 Å². The van der Waals surface area contributed by atoms with Gasteiger partial charge in [-0.2, -0.15) is 0 Å². The lowest BCUT2D eigenvalue weighted by atomic mass is 10.0. The van der Waals surface area contributed by atoms with E-state index in [1.807, 2.05) is 0 Å². The van der Waals surface area contributed by atoms with Crippen molar-refractivity contribution in [3.05, 3.63) is 0 Å². The lowest BCUT2D eigenvalue weighted by molar-refractivity contribution is -0.142. The summed E-state index contributed by atoms with van der Waals surface area (Å²) in [7, 11) is 0. The molecule has 56 heavy (non-hydrogen) atoms. The van der Waals surface area contributed by atoms with Gasteiger partial charge in [0.05, 0.1) is 25.7 Å². The fourth-order valence-corrected chi connectivity index (χ4v) is 4.53. The zero-order chi connectivity index (χ0) is 43.3. The number of rotatable bonds is 25. The Morgan fingerprint density at radius 1 is 0.482 bits per heavy atom.